The van der Waals surface area contributed by atoms with Crippen LogP contribution in [0.15, 0.2) is 12.4 Å². The van der Waals surface area contributed by atoms with Crippen molar-refractivity contribution in [2.24, 2.45) is 0 Å². The minimum Gasteiger partial charge on any atom is -0.406 e. The van der Waals surface area contributed by atoms with E-state index < -0.39 is 10.8 Å². The zero-order chi connectivity index (χ0) is 15.6. The van der Waals surface area contributed by atoms with Gasteiger partial charge in [0.05, 0.1) is 24.0 Å². The Hall–Kier alpha value is -1.68. The number of hydrogen-bond acceptors (Lipinski definition) is 5. The summed E-state index contributed by atoms with van der Waals surface area (Å²) in [6, 6.07) is 2.11. The lowest BCUT2D eigenvalue weighted by Crippen LogP contribution is -2.29. The zero-order valence-electron chi connectivity index (χ0n) is 12.7. The fourth-order valence-corrected chi connectivity index (χ4v) is 2.13. The first-order valence-electron chi connectivity index (χ1n) is 6.16. The van der Waals surface area contributed by atoms with Gasteiger partial charge in [0.15, 0.2) is 5.75 Å². The molecule has 0 saturated heterocycles. The van der Waals surface area contributed by atoms with Gasteiger partial charge in [-0.05, 0) is 46.6 Å². The second-order valence-electron chi connectivity index (χ2n) is 5.87. The van der Waals surface area contributed by atoms with Crippen molar-refractivity contribution in [1.82, 2.24) is 14.1 Å². The van der Waals surface area contributed by atoms with Crippen LogP contribution < -0.4 is 4.74 Å². The van der Waals surface area contributed by atoms with Crippen LogP contribution in [-0.2, 0) is 5.54 Å². The maximum Gasteiger partial charge on any atom is 0.425 e. The van der Waals surface area contributed by atoms with E-state index in [-0.39, 0.29) is 5.54 Å². The van der Waals surface area contributed by atoms with Crippen LogP contribution in [0.4, 0.5) is 4.79 Å². The molecule has 1 heterocycles. The van der Waals surface area contributed by atoms with E-state index in [9.17, 15) is 4.79 Å². The van der Waals surface area contributed by atoms with Crippen LogP contribution in [0, 0.1) is 11.3 Å². The van der Waals surface area contributed by atoms with Gasteiger partial charge in [0, 0.05) is 7.05 Å². The molecular formula is C13H20N4O2S. The summed E-state index contributed by atoms with van der Waals surface area (Å²) in [5.74, 6) is 0.382. The number of carbonyl (C=O) groups excluding carboxylic acids is 1. The summed E-state index contributed by atoms with van der Waals surface area (Å²) < 4.78 is 7.55. The lowest BCUT2D eigenvalue weighted by atomic mass is 10.1. The van der Waals surface area contributed by atoms with Crippen LogP contribution in [0.25, 0.3) is 0 Å². The van der Waals surface area contributed by atoms with Gasteiger partial charge in [-0.2, -0.15) is 10.4 Å². The topological polar surface area (TPSA) is 71.2 Å². The fourth-order valence-electron chi connectivity index (χ4n) is 1.29. The van der Waals surface area contributed by atoms with Gasteiger partial charge in [0.2, 0.25) is 0 Å². The van der Waals surface area contributed by atoms with Crippen molar-refractivity contribution >= 4 is 18.0 Å². The molecule has 1 aromatic rings. The van der Waals surface area contributed by atoms with Crippen LogP contribution in [0.2, 0.25) is 0 Å². The van der Waals surface area contributed by atoms with Gasteiger partial charge < -0.3 is 4.74 Å². The number of ether oxygens (including phenoxy) is 1. The van der Waals surface area contributed by atoms with Crippen molar-refractivity contribution in [3.63, 3.8) is 0 Å². The molecule has 1 rings (SSSR count). The molecule has 0 atom stereocenters. The lowest BCUT2D eigenvalue weighted by molar-refractivity contribution is 0.187. The monoisotopic (exact) mass is 296 g/mol. The SMILES string of the molecule is CN(SC(C)(C)C#N)C(=O)Oc1cnn(C(C)(C)C)c1. The van der Waals surface area contributed by atoms with Crippen molar-refractivity contribution in [1.29, 1.82) is 5.26 Å². The Bertz CT molecular complexity index is 525. The molecule has 110 valence electrons. The Labute approximate surface area is 123 Å². The highest BCUT2D eigenvalue weighted by Gasteiger charge is 2.25. The van der Waals surface area contributed by atoms with Crippen LogP contribution in [-0.4, -0.2) is 32.0 Å². The van der Waals surface area contributed by atoms with Gasteiger partial charge >= 0.3 is 6.09 Å². The largest absolute Gasteiger partial charge is 0.425 e. The molecule has 0 fully saturated rings. The molecule has 0 N–H and O–H groups in total. The van der Waals surface area contributed by atoms with Crippen LogP contribution in [0.1, 0.15) is 34.6 Å². The fraction of sp³-hybridized carbons (Fsp3) is 0.615. The lowest BCUT2D eigenvalue weighted by Gasteiger charge is -2.22. The molecule has 0 aliphatic carbocycles. The highest BCUT2D eigenvalue weighted by molar-refractivity contribution is 7.99. The van der Waals surface area contributed by atoms with Crippen molar-refractivity contribution in [3.8, 4) is 11.8 Å². The summed E-state index contributed by atoms with van der Waals surface area (Å²) in [6.45, 7) is 9.48. The number of carbonyl (C=O) groups is 1. The van der Waals surface area contributed by atoms with E-state index in [0.717, 1.165) is 11.9 Å². The molecule has 0 saturated carbocycles. The second-order valence-corrected chi connectivity index (χ2v) is 7.62. The van der Waals surface area contributed by atoms with Gasteiger partial charge in [-0.25, -0.2) is 4.79 Å². The maximum absolute atomic E-state index is 11.9. The van der Waals surface area contributed by atoms with Crippen molar-refractivity contribution < 1.29 is 9.53 Å². The molecule has 0 unspecified atom stereocenters. The number of hydrogen-bond donors (Lipinski definition) is 0. The molecule has 0 spiro atoms. The van der Waals surface area contributed by atoms with E-state index in [1.807, 2.05) is 20.8 Å². The van der Waals surface area contributed by atoms with Gasteiger partial charge in [0.1, 0.15) is 4.75 Å². The molecule has 0 radical (unpaired) electrons. The molecular weight excluding hydrogens is 276 g/mol. The Balaban J connectivity index is 2.67. The number of rotatable bonds is 3. The minimum absolute atomic E-state index is 0.173. The highest BCUT2D eigenvalue weighted by Crippen LogP contribution is 2.27. The predicted molar refractivity (Wildman–Crippen MR) is 78.3 cm³/mol. The average Bonchev–Trinajstić information content (AvgIpc) is 2.76. The number of nitriles is 1. The summed E-state index contributed by atoms with van der Waals surface area (Å²) in [7, 11) is 1.57. The summed E-state index contributed by atoms with van der Waals surface area (Å²) in [6.07, 6.45) is 2.63. The first-order chi connectivity index (χ1) is 9.05. The normalized spacial score (nSPS) is 11.8. The maximum atomic E-state index is 11.9. The molecule has 1 amide bonds. The summed E-state index contributed by atoms with van der Waals surface area (Å²) >= 11 is 1.11. The molecule has 6 nitrogen and oxygen atoms in total. The van der Waals surface area contributed by atoms with Crippen LogP contribution in [0.3, 0.4) is 0 Å². The van der Waals surface area contributed by atoms with E-state index in [4.69, 9.17) is 10.00 Å². The first-order valence-corrected chi connectivity index (χ1v) is 6.93. The van der Waals surface area contributed by atoms with Crippen molar-refractivity contribution in [3.05, 3.63) is 12.4 Å². The molecule has 0 aromatic carbocycles. The smallest absolute Gasteiger partial charge is 0.406 e. The zero-order valence-corrected chi connectivity index (χ0v) is 13.5. The third-order valence-electron chi connectivity index (χ3n) is 2.34. The third kappa shape index (κ3) is 4.46. The van der Waals surface area contributed by atoms with Crippen molar-refractivity contribution in [2.45, 2.75) is 44.9 Å². The van der Waals surface area contributed by atoms with Gasteiger partial charge in [0.25, 0.3) is 0 Å². The van der Waals surface area contributed by atoms with E-state index in [1.165, 1.54) is 10.5 Å². The first kappa shape index (κ1) is 16.4. The molecule has 1 aromatic heterocycles. The Morgan fingerprint density at radius 2 is 2.05 bits per heavy atom. The molecule has 0 bridgehead atoms. The highest BCUT2D eigenvalue weighted by atomic mass is 32.2. The van der Waals surface area contributed by atoms with Gasteiger partial charge in [-0.3, -0.25) is 8.99 Å². The van der Waals surface area contributed by atoms with E-state index in [0.29, 0.717) is 5.75 Å². The Morgan fingerprint density at radius 3 is 2.50 bits per heavy atom. The predicted octanol–water partition coefficient (Wildman–Crippen LogP) is 3.02. The van der Waals surface area contributed by atoms with Gasteiger partial charge in [-0.15, -0.1) is 0 Å². The van der Waals surface area contributed by atoms with E-state index >= 15 is 0 Å². The minimum atomic E-state index is -0.691. The summed E-state index contributed by atoms with van der Waals surface area (Å²) in [5, 5.41) is 13.1. The Kier molecular flexibility index (Phi) is 4.71. The second kappa shape index (κ2) is 5.75. The molecule has 7 heteroatoms. The molecule has 0 aliphatic heterocycles. The standard InChI is InChI=1S/C13H20N4O2S/c1-12(2,3)17-8-10(7-15-17)19-11(18)16(6)20-13(4,5)9-14/h7-8H,1-6H3. The van der Waals surface area contributed by atoms with Crippen molar-refractivity contribution in [2.75, 3.05) is 7.05 Å². The number of nitrogens with zero attached hydrogens (tertiary/aromatic N) is 4. The number of aromatic nitrogens is 2. The third-order valence-corrected chi connectivity index (χ3v) is 3.31. The van der Waals surface area contributed by atoms with Gasteiger partial charge in [-0.1, -0.05) is 0 Å². The van der Waals surface area contributed by atoms with E-state index in [2.05, 4.69) is 11.2 Å². The van der Waals surface area contributed by atoms with Crippen LogP contribution in [0.5, 0.6) is 5.75 Å². The number of amides is 1. The van der Waals surface area contributed by atoms with E-state index in [1.54, 1.807) is 31.8 Å². The average molecular weight is 296 g/mol. The molecule has 0 aliphatic rings. The summed E-state index contributed by atoms with van der Waals surface area (Å²) in [5.41, 5.74) is -0.173. The summed E-state index contributed by atoms with van der Waals surface area (Å²) in [4.78, 5) is 11.9. The molecule has 20 heavy (non-hydrogen) atoms. The Morgan fingerprint density at radius 1 is 1.45 bits per heavy atom. The van der Waals surface area contributed by atoms with Crippen LogP contribution >= 0.6 is 11.9 Å². The quantitative estimate of drug-likeness (QED) is 0.802.